The lowest BCUT2D eigenvalue weighted by atomic mass is 9.94. The number of carbonyl (C=O) groups is 3. The topological polar surface area (TPSA) is 124 Å². The van der Waals surface area contributed by atoms with E-state index in [1.54, 1.807) is 62.4 Å². The number of rotatable bonds is 10. The van der Waals surface area contributed by atoms with Gasteiger partial charge in [-0.1, -0.05) is 24.0 Å². The predicted molar refractivity (Wildman–Crippen MR) is 149 cm³/mol. The van der Waals surface area contributed by atoms with Crippen LogP contribution in [0.2, 0.25) is 0 Å². The number of aliphatic hydroxyl groups excluding tert-OH is 1. The highest BCUT2D eigenvalue weighted by atomic mass is 32.1. The fourth-order valence-corrected chi connectivity index (χ4v) is 5.25. The zero-order valence-electron chi connectivity index (χ0n) is 22.4. The molecule has 1 fully saturated rings. The molecule has 0 radical (unpaired) electrons. The van der Waals surface area contributed by atoms with E-state index in [4.69, 9.17) is 18.9 Å². The van der Waals surface area contributed by atoms with Gasteiger partial charge in [-0.15, -0.1) is 0 Å². The van der Waals surface area contributed by atoms with Gasteiger partial charge in [-0.25, -0.2) is 9.78 Å². The van der Waals surface area contributed by atoms with Gasteiger partial charge >= 0.3 is 11.9 Å². The van der Waals surface area contributed by atoms with Gasteiger partial charge in [-0.05, 0) is 50.2 Å². The molecule has 1 amide bonds. The molecule has 2 aromatic carbocycles. The van der Waals surface area contributed by atoms with Crippen LogP contribution in [0.3, 0.4) is 0 Å². The summed E-state index contributed by atoms with van der Waals surface area (Å²) in [6.07, 6.45) is 1.60. The number of hydrogen-bond acceptors (Lipinski definition) is 10. The van der Waals surface area contributed by atoms with Crippen molar-refractivity contribution >= 4 is 39.9 Å². The second-order valence-electron chi connectivity index (χ2n) is 8.53. The zero-order chi connectivity index (χ0) is 29.0. The van der Waals surface area contributed by atoms with Gasteiger partial charge in [0.05, 0.1) is 32.1 Å². The lowest BCUT2D eigenvalue weighted by Gasteiger charge is -2.24. The summed E-state index contributed by atoms with van der Waals surface area (Å²) in [6, 6.07) is 10.2. The third-order valence-electron chi connectivity index (χ3n) is 6.13. The van der Waals surface area contributed by atoms with Crippen LogP contribution >= 0.6 is 11.3 Å². The number of thiazole rings is 1. The highest BCUT2D eigenvalue weighted by molar-refractivity contribution is 7.17. The first-order valence-electron chi connectivity index (χ1n) is 12.3. The lowest BCUT2D eigenvalue weighted by molar-refractivity contribution is -0.132. The van der Waals surface area contributed by atoms with E-state index in [1.807, 2.05) is 0 Å². The summed E-state index contributed by atoms with van der Waals surface area (Å²) in [7, 11) is 2.94. The van der Waals surface area contributed by atoms with Crippen LogP contribution in [0.1, 0.15) is 39.5 Å². The van der Waals surface area contributed by atoms with Crippen molar-refractivity contribution in [3.05, 3.63) is 82.4 Å². The van der Waals surface area contributed by atoms with Crippen molar-refractivity contribution in [3.8, 4) is 17.2 Å². The molecule has 10 nitrogen and oxygen atoms in total. The number of hydrogen-bond donors (Lipinski definition) is 1. The smallest absolute Gasteiger partial charge is 0.350 e. The van der Waals surface area contributed by atoms with Crippen LogP contribution in [0.25, 0.3) is 5.76 Å². The van der Waals surface area contributed by atoms with Gasteiger partial charge in [0.25, 0.3) is 5.78 Å². The van der Waals surface area contributed by atoms with Crippen molar-refractivity contribution in [2.24, 2.45) is 0 Å². The number of carbonyl (C=O) groups excluding carboxylic acids is 3. The molecule has 0 saturated carbocycles. The summed E-state index contributed by atoms with van der Waals surface area (Å²) in [6.45, 7) is 7.37. The molecule has 1 aliphatic rings. The maximum absolute atomic E-state index is 13.5. The van der Waals surface area contributed by atoms with Crippen LogP contribution < -0.4 is 19.1 Å². The Hall–Kier alpha value is -4.64. The van der Waals surface area contributed by atoms with Crippen molar-refractivity contribution in [2.45, 2.75) is 19.9 Å². The van der Waals surface area contributed by atoms with Crippen LogP contribution in [-0.2, 0) is 14.3 Å². The standard InChI is InChI=1S/C29H28N2O8S/c1-6-14-39-18-10-8-17(9-11-18)24(32)22-23(20-13-12-19(36-4)15-21(20)37-5)31(27(34)25(22)33)29-30-16(3)26(40-29)28(35)38-7-2/h6,8-13,15,23,32H,1,7,14H2,2-5H3/b24-22+. The Morgan fingerprint density at radius 3 is 2.45 bits per heavy atom. The number of aromatic nitrogens is 1. The van der Waals surface area contributed by atoms with Crippen molar-refractivity contribution in [1.29, 1.82) is 0 Å². The summed E-state index contributed by atoms with van der Waals surface area (Å²) in [5.74, 6) is -1.47. The van der Waals surface area contributed by atoms with Crippen LogP contribution in [-0.4, -0.2) is 55.2 Å². The third kappa shape index (κ3) is 5.28. The number of benzene rings is 2. The van der Waals surface area contributed by atoms with E-state index in [1.165, 1.54) is 19.1 Å². The normalized spacial score (nSPS) is 16.1. The largest absolute Gasteiger partial charge is 0.507 e. The van der Waals surface area contributed by atoms with Gasteiger partial charge in [0.1, 0.15) is 40.5 Å². The van der Waals surface area contributed by atoms with E-state index >= 15 is 0 Å². The Morgan fingerprint density at radius 1 is 1.12 bits per heavy atom. The Labute approximate surface area is 235 Å². The first-order valence-corrected chi connectivity index (χ1v) is 13.1. The summed E-state index contributed by atoms with van der Waals surface area (Å²) in [4.78, 5) is 45.3. The van der Waals surface area contributed by atoms with E-state index < -0.39 is 29.5 Å². The fourth-order valence-electron chi connectivity index (χ4n) is 4.26. The first kappa shape index (κ1) is 28.4. The number of aryl methyl sites for hydroxylation is 1. The molecular formula is C29H28N2O8S. The Balaban J connectivity index is 1.91. The molecule has 0 bridgehead atoms. The number of methoxy groups -OCH3 is 2. The summed E-state index contributed by atoms with van der Waals surface area (Å²) in [5.41, 5.74) is 0.874. The molecule has 11 heteroatoms. The highest BCUT2D eigenvalue weighted by Crippen LogP contribution is 2.47. The molecule has 1 aliphatic heterocycles. The minimum atomic E-state index is -1.13. The average molecular weight is 565 g/mol. The summed E-state index contributed by atoms with van der Waals surface area (Å²) >= 11 is 0.922. The van der Waals surface area contributed by atoms with Gasteiger partial charge in [0.15, 0.2) is 5.13 Å². The van der Waals surface area contributed by atoms with Gasteiger partial charge < -0.3 is 24.1 Å². The molecule has 1 unspecified atom stereocenters. The van der Waals surface area contributed by atoms with E-state index in [9.17, 15) is 19.5 Å². The van der Waals surface area contributed by atoms with E-state index in [2.05, 4.69) is 11.6 Å². The number of ketones is 1. The molecule has 1 N–H and O–H groups in total. The van der Waals surface area contributed by atoms with Gasteiger partial charge in [-0.3, -0.25) is 14.5 Å². The SMILES string of the molecule is C=CCOc1ccc(/C(O)=C2\C(=O)C(=O)N(c3nc(C)c(C(=O)OCC)s3)C2c2ccc(OC)cc2OC)cc1. The van der Waals surface area contributed by atoms with E-state index in [0.717, 1.165) is 11.3 Å². The quantitative estimate of drug-likeness (QED) is 0.121. The molecule has 3 aromatic rings. The van der Waals surface area contributed by atoms with Gasteiger partial charge in [-0.2, -0.15) is 0 Å². The maximum atomic E-state index is 13.5. The maximum Gasteiger partial charge on any atom is 0.350 e. The highest BCUT2D eigenvalue weighted by Gasteiger charge is 2.49. The molecule has 208 valence electrons. The first-order chi connectivity index (χ1) is 19.2. The Morgan fingerprint density at radius 2 is 1.82 bits per heavy atom. The molecule has 4 rings (SSSR count). The number of anilines is 1. The molecule has 40 heavy (non-hydrogen) atoms. The molecular weight excluding hydrogens is 536 g/mol. The molecule has 0 spiro atoms. The van der Waals surface area contributed by atoms with E-state index in [0.29, 0.717) is 40.7 Å². The number of ether oxygens (including phenoxy) is 4. The van der Waals surface area contributed by atoms with Crippen molar-refractivity contribution in [2.75, 3.05) is 32.3 Å². The second kappa shape index (κ2) is 12.0. The average Bonchev–Trinajstić information content (AvgIpc) is 3.47. The van der Waals surface area contributed by atoms with Gasteiger partial charge in [0, 0.05) is 17.2 Å². The van der Waals surface area contributed by atoms with Crippen molar-refractivity contribution < 1.29 is 38.4 Å². The molecule has 0 aliphatic carbocycles. The van der Waals surface area contributed by atoms with Gasteiger partial charge in [0.2, 0.25) is 0 Å². The minimum absolute atomic E-state index is 0.0951. The van der Waals surface area contributed by atoms with Crippen molar-refractivity contribution in [1.82, 2.24) is 4.98 Å². The summed E-state index contributed by atoms with van der Waals surface area (Å²) < 4.78 is 21.5. The Kier molecular flexibility index (Phi) is 8.54. The number of amides is 1. The second-order valence-corrected chi connectivity index (χ2v) is 9.51. The Bertz CT molecular complexity index is 1490. The minimum Gasteiger partial charge on any atom is -0.507 e. The predicted octanol–water partition coefficient (Wildman–Crippen LogP) is 4.84. The van der Waals surface area contributed by atoms with Crippen LogP contribution in [0.4, 0.5) is 5.13 Å². The molecule has 1 atom stereocenters. The monoisotopic (exact) mass is 564 g/mol. The third-order valence-corrected chi connectivity index (χ3v) is 7.26. The van der Waals surface area contributed by atoms with Crippen LogP contribution in [0, 0.1) is 6.92 Å². The van der Waals surface area contributed by atoms with Crippen LogP contribution in [0.15, 0.2) is 60.7 Å². The number of aliphatic hydroxyl groups is 1. The number of Topliss-reactive ketones (excluding diaryl/α,β-unsaturated/α-hetero) is 1. The molecule has 1 saturated heterocycles. The molecule has 1 aromatic heterocycles. The fraction of sp³-hybridized carbons (Fsp3) is 0.241. The van der Waals surface area contributed by atoms with Crippen LogP contribution in [0.5, 0.6) is 17.2 Å². The molecule has 2 heterocycles. The van der Waals surface area contributed by atoms with E-state index in [-0.39, 0.29) is 22.2 Å². The number of esters is 1. The van der Waals surface area contributed by atoms with Crippen molar-refractivity contribution in [3.63, 3.8) is 0 Å². The number of nitrogens with zero attached hydrogens (tertiary/aromatic N) is 2. The lowest BCUT2D eigenvalue weighted by Crippen LogP contribution is -2.29. The zero-order valence-corrected chi connectivity index (χ0v) is 23.2. The summed E-state index contributed by atoms with van der Waals surface area (Å²) in [5, 5.41) is 11.5.